The summed E-state index contributed by atoms with van der Waals surface area (Å²) in [4.78, 5) is 29.1. The van der Waals surface area contributed by atoms with Crippen molar-refractivity contribution in [2.24, 2.45) is 5.92 Å². The number of nitrogens with one attached hydrogen (secondary N) is 2. The number of benzene rings is 1. The molecular weight excluding hydrogens is 340 g/mol. The number of hydrogen-bond donors (Lipinski definition) is 2. The first kappa shape index (κ1) is 17.3. The first-order chi connectivity index (χ1) is 12.0. The highest BCUT2D eigenvalue weighted by molar-refractivity contribution is 6.35. The number of para-hydroxylation sites is 1. The molecule has 2 amide bonds. The second kappa shape index (κ2) is 7.16. The van der Waals surface area contributed by atoms with Crippen LogP contribution in [0.1, 0.15) is 36.2 Å². The largest absolute Gasteiger partial charge is 0.349 e. The maximum atomic E-state index is 12.6. The van der Waals surface area contributed by atoms with Crippen molar-refractivity contribution in [2.75, 3.05) is 7.05 Å². The topological polar surface area (TPSA) is 89.0 Å². The Morgan fingerprint density at radius 1 is 1.36 bits per heavy atom. The number of fused-ring (bicyclic) bond motifs is 1. The van der Waals surface area contributed by atoms with Gasteiger partial charge in [-0.05, 0) is 25.0 Å². The molecule has 6 nitrogen and oxygen atoms in total. The summed E-state index contributed by atoms with van der Waals surface area (Å²) in [5.74, 6) is -0.876. The number of halogens is 1. The Morgan fingerprint density at radius 2 is 2.12 bits per heavy atom. The van der Waals surface area contributed by atoms with Gasteiger partial charge in [0.1, 0.15) is 5.69 Å². The first-order valence-electron chi connectivity index (χ1n) is 8.26. The van der Waals surface area contributed by atoms with Crippen LogP contribution in [-0.2, 0) is 4.79 Å². The van der Waals surface area contributed by atoms with Gasteiger partial charge in [0.15, 0.2) is 6.19 Å². The van der Waals surface area contributed by atoms with E-state index in [0.29, 0.717) is 17.1 Å². The second-order valence-electron chi connectivity index (χ2n) is 6.36. The van der Waals surface area contributed by atoms with Crippen molar-refractivity contribution in [3.8, 4) is 6.19 Å². The Bertz CT molecular complexity index is 854. The minimum atomic E-state index is -0.365. The molecule has 3 rings (SSSR count). The van der Waals surface area contributed by atoms with E-state index in [9.17, 15) is 9.59 Å². The molecule has 1 aliphatic carbocycles. The molecule has 1 heterocycles. The molecule has 1 saturated carbocycles. The van der Waals surface area contributed by atoms with Crippen LogP contribution in [0.4, 0.5) is 0 Å². The number of hydrogen-bond acceptors (Lipinski definition) is 3. The fourth-order valence-corrected chi connectivity index (χ4v) is 3.61. The summed E-state index contributed by atoms with van der Waals surface area (Å²) in [5, 5.41) is 13.3. The molecule has 1 aromatic heterocycles. The van der Waals surface area contributed by atoms with Crippen molar-refractivity contribution in [3.05, 3.63) is 35.0 Å². The molecule has 2 N–H and O–H groups in total. The van der Waals surface area contributed by atoms with Crippen LogP contribution in [0.5, 0.6) is 0 Å². The van der Waals surface area contributed by atoms with Gasteiger partial charge in [-0.2, -0.15) is 5.26 Å². The molecule has 0 aliphatic heterocycles. The second-order valence-corrected chi connectivity index (χ2v) is 6.76. The lowest BCUT2D eigenvalue weighted by Gasteiger charge is -2.31. The fraction of sp³-hybridized carbons (Fsp3) is 0.389. The average Bonchev–Trinajstić information content (AvgIpc) is 3.07. The quantitative estimate of drug-likeness (QED) is 0.652. The van der Waals surface area contributed by atoms with E-state index in [-0.39, 0.29) is 23.8 Å². The van der Waals surface area contributed by atoms with Gasteiger partial charge in [-0.3, -0.25) is 14.5 Å². The number of aromatic nitrogens is 1. The Hall–Kier alpha value is -2.52. The van der Waals surface area contributed by atoms with Crippen LogP contribution < -0.4 is 5.32 Å². The van der Waals surface area contributed by atoms with Crippen LogP contribution in [0.2, 0.25) is 5.02 Å². The lowest BCUT2D eigenvalue weighted by molar-refractivity contribution is -0.133. The summed E-state index contributed by atoms with van der Waals surface area (Å²) in [6, 6.07) is 6.94. The van der Waals surface area contributed by atoms with Crippen molar-refractivity contribution in [1.29, 1.82) is 5.26 Å². The van der Waals surface area contributed by atoms with Gasteiger partial charge in [0.25, 0.3) is 5.91 Å². The van der Waals surface area contributed by atoms with E-state index in [1.54, 1.807) is 12.1 Å². The Kier molecular flexibility index (Phi) is 4.95. The predicted octanol–water partition coefficient (Wildman–Crippen LogP) is 3.05. The molecular formula is C18H19ClN4O2. The number of nitrogens with zero attached hydrogens (tertiary/aromatic N) is 2. The summed E-state index contributed by atoms with van der Waals surface area (Å²) in [7, 11) is 1.45. The number of rotatable bonds is 3. The summed E-state index contributed by atoms with van der Waals surface area (Å²) >= 11 is 6.14. The van der Waals surface area contributed by atoms with Gasteiger partial charge in [-0.15, -0.1) is 0 Å². The molecule has 0 spiro atoms. The lowest BCUT2D eigenvalue weighted by atomic mass is 9.83. The maximum absolute atomic E-state index is 12.6. The third-order valence-electron chi connectivity index (χ3n) is 4.73. The van der Waals surface area contributed by atoms with Gasteiger partial charge >= 0.3 is 0 Å². The predicted molar refractivity (Wildman–Crippen MR) is 94.9 cm³/mol. The molecule has 0 unspecified atom stereocenters. The summed E-state index contributed by atoms with van der Waals surface area (Å²) < 4.78 is 0. The van der Waals surface area contributed by atoms with E-state index in [1.165, 1.54) is 7.05 Å². The van der Waals surface area contributed by atoms with Crippen LogP contribution >= 0.6 is 11.6 Å². The van der Waals surface area contributed by atoms with Crippen LogP contribution in [0.3, 0.4) is 0 Å². The zero-order valence-electron chi connectivity index (χ0n) is 13.9. The van der Waals surface area contributed by atoms with E-state index in [0.717, 1.165) is 35.1 Å². The van der Waals surface area contributed by atoms with Gasteiger partial charge in [0, 0.05) is 18.5 Å². The Balaban J connectivity index is 1.79. The van der Waals surface area contributed by atoms with Gasteiger partial charge in [-0.25, -0.2) is 0 Å². The Morgan fingerprint density at radius 3 is 2.84 bits per heavy atom. The number of carbonyl (C=O) groups excluding carboxylic acids is 2. The third kappa shape index (κ3) is 3.47. The van der Waals surface area contributed by atoms with E-state index in [1.807, 2.05) is 18.3 Å². The van der Waals surface area contributed by atoms with Gasteiger partial charge in [-0.1, -0.05) is 36.6 Å². The number of H-pyrrole nitrogens is 1. The molecule has 25 heavy (non-hydrogen) atoms. The number of nitriles is 1. The SMILES string of the molecule is CN(C#N)C(=O)[C@@H]1CCCC[C@@H]1NC(=O)c1cc2cccc(Cl)c2[nH]1. The van der Waals surface area contributed by atoms with E-state index >= 15 is 0 Å². The van der Waals surface area contributed by atoms with Crippen LogP contribution in [-0.4, -0.2) is 34.8 Å². The fourth-order valence-electron chi connectivity index (χ4n) is 3.38. The molecule has 0 bridgehead atoms. The molecule has 1 aromatic carbocycles. The van der Waals surface area contributed by atoms with Crippen molar-refractivity contribution >= 4 is 34.3 Å². The number of aromatic amines is 1. The number of carbonyl (C=O) groups is 2. The molecule has 2 aromatic rings. The maximum Gasteiger partial charge on any atom is 0.267 e. The van der Waals surface area contributed by atoms with Crippen molar-refractivity contribution in [3.63, 3.8) is 0 Å². The smallest absolute Gasteiger partial charge is 0.267 e. The molecule has 1 aliphatic rings. The number of amides is 2. The normalized spacial score (nSPS) is 20.0. The molecule has 0 radical (unpaired) electrons. The van der Waals surface area contributed by atoms with Crippen LogP contribution in [0.25, 0.3) is 10.9 Å². The highest BCUT2D eigenvalue weighted by Gasteiger charge is 2.34. The molecule has 130 valence electrons. The standard InChI is InChI=1S/C18H19ClN4O2/c1-23(10-20)18(25)12-6-2-3-8-14(12)22-17(24)15-9-11-5-4-7-13(19)16(11)21-15/h4-5,7,9,12,14,21H,2-3,6,8H2,1H3,(H,22,24)/t12-,14+/m1/s1. The summed E-state index contributed by atoms with van der Waals surface area (Å²) in [6.07, 6.45) is 5.11. The summed E-state index contributed by atoms with van der Waals surface area (Å²) in [5.41, 5.74) is 1.13. The molecule has 1 fully saturated rings. The summed E-state index contributed by atoms with van der Waals surface area (Å²) in [6.45, 7) is 0. The van der Waals surface area contributed by atoms with Crippen LogP contribution in [0, 0.1) is 17.4 Å². The third-order valence-corrected chi connectivity index (χ3v) is 5.05. The zero-order chi connectivity index (χ0) is 18.0. The first-order valence-corrected chi connectivity index (χ1v) is 8.64. The van der Waals surface area contributed by atoms with Gasteiger partial charge < -0.3 is 10.3 Å². The lowest BCUT2D eigenvalue weighted by Crippen LogP contribution is -2.48. The van der Waals surface area contributed by atoms with Crippen molar-refractivity contribution in [2.45, 2.75) is 31.7 Å². The van der Waals surface area contributed by atoms with Gasteiger partial charge in [0.2, 0.25) is 5.91 Å². The van der Waals surface area contributed by atoms with Crippen molar-refractivity contribution in [1.82, 2.24) is 15.2 Å². The van der Waals surface area contributed by atoms with Crippen LogP contribution in [0.15, 0.2) is 24.3 Å². The average molecular weight is 359 g/mol. The van der Waals surface area contributed by atoms with E-state index < -0.39 is 0 Å². The highest BCUT2D eigenvalue weighted by Crippen LogP contribution is 2.27. The zero-order valence-corrected chi connectivity index (χ0v) is 14.6. The molecule has 7 heteroatoms. The monoisotopic (exact) mass is 358 g/mol. The van der Waals surface area contributed by atoms with E-state index in [2.05, 4.69) is 10.3 Å². The minimum Gasteiger partial charge on any atom is -0.349 e. The highest BCUT2D eigenvalue weighted by atomic mass is 35.5. The van der Waals surface area contributed by atoms with Crippen molar-refractivity contribution < 1.29 is 9.59 Å². The minimum absolute atomic E-state index is 0.243. The Labute approximate surface area is 150 Å². The molecule has 2 atom stereocenters. The molecule has 0 saturated heterocycles. The van der Waals surface area contributed by atoms with Gasteiger partial charge in [0.05, 0.1) is 16.5 Å². The van der Waals surface area contributed by atoms with E-state index in [4.69, 9.17) is 16.9 Å².